The van der Waals surface area contributed by atoms with Crippen LogP contribution < -0.4 is 0 Å². The summed E-state index contributed by atoms with van der Waals surface area (Å²) in [5.41, 5.74) is 6.13. The molecule has 0 saturated carbocycles. The zero-order valence-electron chi connectivity index (χ0n) is 18.7. The third kappa shape index (κ3) is 4.14. The molecule has 0 N–H and O–H groups in total. The molecule has 0 spiro atoms. The van der Waals surface area contributed by atoms with E-state index in [0.717, 1.165) is 39.6 Å². The molecule has 4 rings (SSSR count). The van der Waals surface area contributed by atoms with Crippen molar-refractivity contribution in [3.63, 3.8) is 0 Å². The van der Waals surface area contributed by atoms with E-state index in [1.54, 1.807) is 30.7 Å². The Balaban J connectivity index is 1.67. The van der Waals surface area contributed by atoms with Crippen molar-refractivity contribution in [3.8, 4) is 22.5 Å². The fraction of sp³-hybridized carbons (Fsp3) is 0.381. The van der Waals surface area contributed by atoms with Gasteiger partial charge in [-0.05, 0) is 26.0 Å². The number of carbonyl (C=O) groups excluding carboxylic acids is 1. The number of amides is 1. The molecule has 0 fully saturated rings. The van der Waals surface area contributed by atoms with E-state index < -0.39 is 0 Å². The van der Waals surface area contributed by atoms with Gasteiger partial charge in [-0.15, -0.1) is 0 Å². The van der Waals surface area contributed by atoms with Crippen molar-refractivity contribution in [3.05, 3.63) is 47.8 Å². The predicted octanol–water partition coefficient (Wildman–Crippen LogP) is 1.69. The Labute approximate surface area is 180 Å². The molecular weight excluding hydrogens is 394 g/mol. The average molecular weight is 422 g/mol. The molecular formula is C21H27N9O. The molecule has 0 aromatic carbocycles. The second kappa shape index (κ2) is 7.86. The van der Waals surface area contributed by atoms with Crippen LogP contribution in [0.15, 0.2) is 30.7 Å². The number of rotatable bonds is 6. The maximum absolute atomic E-state index is 13.0. The minimum absolute atomic E-state index is 0.0500. The summed E-state index contributed by atoms with van der Waals surface area (Å²) in [4.78, 5) is 14.7. The lowest BCUT2D eigenvalue weighted by Crippen LogP contribution is -2.30. The summed E-state index contributed by atoms with van der Waals surface area (Å²) >= 11 is 0. The Hall–Kier alpha value is -3.69. The molecule has 1 amide bonds. The number of hydrogen-bond donors (Lipinski definition) is 0. The Morgan fingerprint density at radius 2 is 1.58 bits per heavy atom. The molecule has 4 heterocycles. The van der Waals surface area contributed by atoms with Crippen LogP contribution in [0.1, 0.15) is 17.1 Å². The number of carbonyl (C=O) groups is 1. The van der Waals surface area contributed by atoms with Crippen LogP contribution in [0.3, 0.4) is 0 Å². The summed E-state index contributed by atoms with van der Waals surface area (Å²) in [5, 5.41) is 18.0. The maximum Gasteiger partial charge on any atom is 0.244 e. The summed E-state index contributed by atoms with van der Waals surface area (Å²) < 4.78 is 7.02. The highest BCUT2D eigenvalue weighted by molar-refractivity contribution is 5.78. The van der Waals surface area contributed by atoms with Crippen LogP contribution in [-0.4, -0.2) is 57.0 Å². The first kappa shape index (κ1) is 20.6. The molecule has 0 aliphatic carbocycles. The van der Waals surface area contributed by atoms with Gasteiger partial charge in [0.1, 0.15) is 6.54 Å². The zero-order chi connectivity index (χ0) is 22.3. The molecule has 0 radical (unpaired) electrons. The number of aryl methyl sites for hydroxylation is 5. The van der Waals surface area contributed by atoms with Crippen molar-refractivity contribution >= 4 is 5.91 Å². The minimum Gasteiger partial charge on any atom is -0.338 e. The molecule has 0 aliphatic rings. The van der Waals surface area contributed by atoms with E-state index in [1.165, 1.54) is 0 Å². The molecule has 0 unspecified atom stereocenters. The van der Waals surface area contributed by atoms with E-state index in [4.69, 9.17) is 5.10 Å². The van der Waals surface area contributed by atoms with Crippen LogP contribution >= 0.6 is 0 Å². The Kier molecular flexibility index (Phi) is 5.22. The number of aromatic nitrogens is 8. The molecule has 0 atom stereocenters. The van der Waals surface area contributed by atoms with Gasteiger partial charge in [-0.2, -0.15) is 20.4 Å². The van der Waals surface area contributed by atoms with Crippen molar-refractivity contribution < 1.29 is 4.79 Å². The van der Waals surface area contributed by atoms with Gasteiger partial charge in [0, 0.05) is 57.9 Å². The Morgan fingerprint density at radius 3 is 2.13 bits per heavy atom. The lowest BCUT2D eigenvalue weighted by molar-refractivity contribution is -0.131. The highest BCUT2D eigenvalue weighted by Crippen LogP contribution is 2.29. The maximum atomic E-state index is 13.0. The van der Waals surface area contributed by atoms with Gasteiger partial charge in [0.2, 0.25) is 5.91 Å². The quantitative estimate of drug-likeness (QED) is 0.472. The molecule has 0 saturated heterocycles. The van der Waals surface area contributed by atoms with Crippen molar-refractivity contribution in [2.24, 2.45) is 21.1 Å². The minimum atomic E-state index is -0.0500. The predicted molar refractivity (Wildman–Crippen MR) is 116 cm³/mol. The zero-order valence-corrected chi connectivity index (χ0v) is 18.7. The van der Waals surface area contributed by atoms with Crippen LogP contribution in [-0.2, 0) is 39.0 Å². The van der Waals surface area contributed by atoms with E-state index in [-0.39, 0.29) is 12.5 Å². The van der Waals surface area contributed by atoms with Crippen molar-refractivity contribution in [2.45, 2.75) is 26.9 Å². The lowest BCUT2D eigenvalue weighted by Gasteiger charge is -2.16. The summed E-state index contributed by atoms with van der Waals surface area (Å²) in [6, 6.07) is 3.91. The number of hydrogen-bond acceptors (Lipinski definition) is 5. The second-order valence-electron chi connectivity index (χ2n) is 7.91. The number of nitrogens with zero attached hydrogens (tertiary/aromatic N) is 9. The third-order valence-electron chi connectivity index (χ3n) is 5.24. The molecule has 10 heteroatoms. The van der Waals surface area contributed by atoms with Gasteiger partial charge in [-0.3, -0.25) is 23.5 Å². The smallest absolute Gasteiger partial charge is 0.244 e. The van der Waals surface area contributed by atoms with Gasteiger partial charge in [0.05, 0.1) is 35.0 Å². The van der Waals surface area contributed by atoms with E-state index in [9.17, 15) is 4.79 Å². The summed E-state index contributed by atoms with van der Waals surface area (Å²) in [5.74, 6) is -0.0500. The molecule has 162 valence electrons. The first-order chi connectivity index (χ1) is 14.7. The second-order valence-corrected chi connectivity index (χ2v) is 7.91. The van der Waals surface area contributed by atoms with Crippen LogP contribution in [0.5, 0.6) is 0 Å². The van der Waals surface area contributed by atoms with Crippen molar-refractivity contribution in [1.82, 2.24) is 44.0 Å². The summed E-state index contributed by atoms with van der Waals surface area (Å²) in [6.45, 7) is 4.47. The van der Waals surface area contributed by atoms with E-state index in [1.807, 2.05) is 65.7 Å². The first-order valence-corrected chi connectivity index (χ1v) is 10.0. The Bertz CT molecular complexity index is 1240. The Morgan fingerprint density at radius 1 is 0.935 bits per heavy atom. The van der Waals surface area contributed by atoms with Gasteiger partial charge in [-0.25, -0.2) is 0 Å². The first-order valence-electron chi connectivity index (χ1n) is 10.0. The van der Waals surface area contributed by atoms with Gasteiger partial charge >= 0.3 is 0 Å². The molecule has 4 aromatic heterocycles. The number of likely N-dealkylation sites (N-methyl/N-ethyl adjacent to an activating group) is 1. The van der Waals surface area contributed by atoms with Gasteiger partial charge in [0.15, 0.2) is 0 Å². The highest BCUT2D eigenvalue weighted by atomic mass is 16.2. The largest absolute Gasteiger partial charge is 0.338 e. The molecule has 10 nitrogen and oxygen atoms in total. The standard InChI is InChI=1S/C21H27N9O/c1-14-17(11-28(5)22-14)19-9-20(18-12-29(6)23-15(18)2)30(25-19)13-21(31)26(3)10-16-7-8-27(4)24-16/h7-9,11-12H,10,13H2,1-6H3. The average Bonchev–Trinajstić information content (AvgIpc) is 3.44. The van der Waals surface area contributed by atoms with E-state index in [0.29, 0.717) is 6.54 Å². The summed E-state index contributed by atoms with van der Waals surface area (Å²) in [6.07, 6.45) is 5.76. The molecule has 31 heavy (non-hydrogen) atoms. The monoisotopic (exact) mass is 421 g/mol. The van der Waals surface area contributed by atoms with Gasteiger partial charge in [-0.1, -0.05) is 0 Å². The van der Waals surface area contributed by atoms with Crippen LogP contribution in [0.2, 0.25) is 0 Å². The highest BCUT2D eigenvalue weighted by Gasteiger charge is 2.20. The fourth-order valence-corrected chi connectivity index (χ4v) is 3.72. The topological polar surface area (TPSA) is 91.6 Å². The molecule has 4 aromatic rings. The van der Waals surface area contributed by atoms with E-state index >= 15 is 0 Å². The van der Waals surface area contributed by atoms with Crippen molar-refractivity contribution in [2.75, 3.05) is 7.05 Å². The SMILES string of the molecule is Cc1nn(C)cc1-c1cc(-c2cn(C)nc2C)n(CC(=O)N(C)Cc2ccn(C)n2)n1. The summed E-state index contributed by atoms with van der Waals surface area (Å²) in [7, 11) is 7.41. The van der Waals surface area contributed by atoms with E-state index in [2.05, 4.69) is 15.3 Å². The fourth-order valence-electron chi connectivity index (χ4n) is 3.72. The normalized spacial score (nSPS) is 11.3. The van der Waals surface area contributed by atoms with Crippen LogP contribution in [0.25, 0.3) is 22.5 Å². The lowest BCUT2D eigenvalue weighted by atomic mass is 10.1. The molecule has 0 aliphatic heterocycles. The van der Waals surface area contributed by atoms with Gasteiger partial charge in [0.25, 0.3) is 0 Å². The van der Waals surface area contributed by atoms with Gasteiger partial charge < -0.3 is 4.90 Å². The molecule has 0 bridgehead atoms. The van der Waals surface area contributed by atoms with Crippen LogP contribution in [0, 0.1) is 13.8 Å². The van der Waals surface area contributed by atoms with Crippen LogP contribution in [0.4, 0.5) is 0 Å². The van der Waals surface area contributed by atoms with Crippen molar-refractivity contribution in [1.29, 1.82) is 0 Å². The third-order valence-corrected chi connectivity index (χ3v) is 5.24.